The molecule has 0 radical (unpaired) electrons. The molecule has 0 saturated heterocycles. The van der Waals surface area contributed by atoms with Crippen LogP contribution in [0.3, 0.4) is 0 Å². The second kappa shape index (κ2) is 4.24. The van der Waals surface area contributed by atoms with E-state index in [1.165, 1.54) is 4.57 Å². The zero-order chi connectivity index (χ0) is 10.7. The molecule has 0 aliphatic heterocycles. The number of carbonyl (C=O) groups excluding carboxylic acids is 1. The average Bonchev–Trinajstić information content (AvgIpc) is 2.30. The van der Waals surface area contributed by atoms with Crippen LogP contribution in [0, 0.1) is 0 Å². The van der Waals surface area contributed by atoms with Gasteiger partial charge in [-0.1, -0.05) is 17.7 Å². The van der Waals surface area contributed by atoms with Crippen molar-refractivity contribution in [3.63, 3.8) is 0 Å². The summed E-state index contributed by atoms with van der Waals surface area (Å²) in [5.74, 6) is -0.0627. The van der Waals surface area contributed by atoms with Crippen molar-refractivity contribution >= 4 is 17.5 Å². The Morgan fingerprint density at radius 1 is 1.00 bits per heavy atom. The van der Waals surface area contributed by atoms with E-state index in [1.54, 1.807) is 36.7 Å². The summed E-state index contributed by atoms with van der Waals surface area (Å²) in [7, 11) is 0. The molecule has 2 rings (SSSR count). The molecule has 3 heteroatoms. The summed E-state index contributed by atoms with van der Waals surface area (Å²) in [5, 5.41) is 0.629. The fourth-order valence-electron chi connectivity index (χ4n) is 1.28. The second-order valence-corrected chi connectivity index (χ2v) is 3.53. The molecule has 0 N–H and O–H groups in total. The van der Waals surface area contributed by atoms with Crippen molar-refractivity contribution in [2.45, 2.75) is 0 Å². The van der Waals surface area contributed by atoms with E-state index in [2.05, 4.69) is 0 Å². The van der Waals surface area contributed by atoms with Gasteiger partial charge in [-0.3, -0.25) is 0 Å². The Hall–Kier alpha value is -1.67. The van der Waals surface area contributed by atoms with Crippen molar-refractivity contribution in [1.29, 1.82) is 0 Å². The minimum absolute atomic E-state index is 0.0627. The van der Waals surface area contributed by atoms with Gasteiger partial charge in [0.1, 0.15) is 0 Å². The summed E-state index contributed by atoms with van der Waals surface area (Å²) >= 11 is 5.74. The minimum atomic E-state index is -0.0627. The molecule has 74 valence electrons. The highest BCUT2D eigenvalue weighted by Crippen LogP contribution is 2.08. The van der Waals surface area contributed by atoms with Crippen molar-refractivity contribution in [2.24, 2.45) is 0 Å². The lowest BCUT2D eigenvalue weighted by Gasteiger charge is -1.94. The van der Waals surface area contributed by atoms with Gasteiger partial charge in [-0.25, -0.2) is 4.79 Å². The molecule has 1 aromatic carbocycles. The zero-order valence-corrected chi connectivity index (χ0v) is 8.69. The van der Waals surface area contributed by atoms with Crippen LogP contribution in [0.15, 0.2) is 54.9 Å². The Morgan fingerprint density at radius 2 is 1.60 bits per heavy atom. The summed E-state index contributed by atoms with van der Waals surface area (Å²) in [6.07, 6.45) is 3.44. The van der Waals surface area contributed by atoms with Gasteiger partial charge in [0.05, 0.1) is 5.56 Å². The van der Waals surface area contributed by atoms with Gasteiger partial charge in [-0.05, 0) is 24.3 Å². The molecule has 2 aromatic rings. The number of pyridine rings is 1. The molecule has 0 bridgehead atoms. The molecular weight excluding hydrogens is 210 g/mol. The monoisotopic (exact) mass is 218 g/mol. The van der Waals surface area contributed by atoms with E-state index < -0.39 is 0 Å². The number of hydrogen-bond acceptors (Lipinski definition) is 1. The van der Waals surface area contributed by atoms with Crippen LogP contribution in [0.4, 0.5) is 0 Å². The van der Waals surface area contributed by atoms with Crippen molar-refractivity contribution < 1.29 is 9.36 Å². The average molecular weight is 219 g/mol. The third-order valence-corrected chi connectivity index (χ3v) is 2.29. The van der Waals surface area contributed by atoms with Crippen molar-refractivity contribution in [1.82, 2.24) is 0 Å². The summed E-state index contributed by atoms with van der Waals surface area (Å²) in [4.78, 5) is 11.9. The molecule has 0 atom stereocenters. The predicted octanol–water partition coefficient (Wildman–Crippen LogP) is 2.32. The Bertz CT molecular complexity index is 465. The molecule has 0 amide bonds. The van der Waals surface area contributed by atoms with Crippen LogP contribution >= 0.6 is 11.6 Å². The molecule has 0 spiro atoms. The predicted molar refractivity (Wildman–Crippen MR) is 57.8 cm³/mol. The highest BCUT2D eigenvalue weighted by molar-refractivity contribution is 6.30. The lowest BCUT2D eigenvalue weighted by molar-refractivity contribution is -0.570. The SMILES string of the molecule is O=C(c1ccc(Cl)cc1)[n+]1ccccc1. The van der Waals surface area contributed by atoms with Gasteiger partial charge in [-0.15, -0.1) is 4.57 Å². The molecule has 0 fully saturated rings. The van der Waals surface area contributed by atoms with Gasteiger partial charge in [-0.2, -0.15) is 0 Å². The second-order valence-electron chi connectivity index (χ2n) is 3.09. The number of rotatable bonds is 1. The van der Waals surface area contributed by atoms with E-state index in [9.17, 15) is 4.79 Å². The van der Waals surface area contributed by atoms with E-state index in [0.717, 1.165) is 0 Å². The Morgan fingerprint density at radius 3 is 2.20 bits per heavy atom. The number of nitrogens with zero attached hydrogens (tertiary/aromatic N) is 1. The summed E-state index contributed by atoms with van der Waals surface area (Å²) < 4.78 is 1.53. The van der Waals surface area contributed by atoms with Gasteiger partial charge in [0.25, 0.3) is 0 Å². The lowest BCUT2D eigenvalue weighted by atomic mass is 10.2. The first kappa shape index (κ1) is 9.87. The van der Waals surface area contributed by atoms with Crippen LogP contribution in [0.2, 0.25) is 5.02 Å². The van der Waals surface area contributed by atoms with Crippen molar-refractivity contribution in [3.8, 4) is 0 Å². The topological polar surface area (TPSA) is 20.9 Å². The molecule has 0 unspecified atom stereocenters. The zero-order valence-electron chi connectivity index (χ0n) is 7.93. The van der Waals surface area contributed by atoms with Crippen LogP contribution in [-0.4, -0.2) is 5.91 Å². The standard InChI is InChI=1S/C12H9ClNO/c13-11-6-4-10(5-7-11)12(15)14-8-2-1-3-9-14/h1-9H/q+1. The van der Waals surface area contributed by atoms with E-state index in [0.29, 0.717) is 10.6 Å². The first-order valence-corrected chi connectivity index (χ1v) is 4.92. The number of halogens is 1. The number of carbonyl (C=O) groups is 1. The van der Waals surface area contributed by atoms with Crippen molar-refractivity contribution in [3.05, 3.63) is 65.4 Å². The van der Waals surface area contributed by atoms with E-state index in [4.69, 9.17) is 11.6 Å². The van der Waals surface area contributed by atoms with Crippen LogP contribution < -0.4 is 4.57 Å². The Kier molecular flexibility index (Phi) is 2.79. The molecule has 1 aromatic heterocycles. The normalized spacial score (nSPS) is 9.93. The molecule has 2 nitrogen and oxygen atoms in total. The Labute approximate surface area is 92.7 Å². The molecule has 0 aliphatic rings. The number of benzene rings is 1. The molecular formula is C12H9ClNO+. The fourth-order valence-corrected chi connectivity index (χ4v) is 1.40. The van der Waals surface area contributed by atoms with Crippen LogP contribution in [0.1, 0.15) is 10.4 Å². The molecule has 0 aliphatic carbocycles. The van der Waals surface area contributed by atoms with Gasteiger partial charge >= 0.3 is 5.91 Å². The number of aromatic nitrogens is 1. The number of hydrogen-bond donors (Lipinski definition) is 0. The maximum absolute atomic E-state index is 11.9. The summed E-state index contributed by atoms with van der Waals surface area (Å²) in [6.45, 7) is 0. The van der Waals surface area contributed by atoms with Crippen molar-refractivity contribution in [2.75, 3.05) is 0 Å². The molecule has 1 heterocycles. The van der Waals surface area contributed by atoms with Crippen LogP contribution in [0.5, 0.6) is 0 Å². The summed E-state index contributed by atoms with van der Waals surface area (Å²) in [6, 6.07) is 12.3. The van der Waals surface area contributed by atoms with E-state index in [1.807, 2.05) is 18.2 Å². The van der Waals surface area contributed by atoms with Gasteiger partial charge < -0.3 is 0 Å². The van der Waals surface area contributed by atoms with Crippen LogP contribution in [-0.2, 0) is 0 Å². The van der Waals surface area contributed by atoms with Gasteiger partial charge in [0.2, 0.25) is 0 Å². The maximum atomic E-state index is 11.9. The fraction of sp³-hybridized carbons (Fsp3) is 0. The van der Waals surface area contributed by atoms with E-state index in [-0.39, 0.29) is 5.91 Å². The quantitative estimate of drug-likeness (QED) is 0.673. The van der Waals surface area contributed by atoms with Gasteiger partial charge in [0.15, 0.2) is 12.4 Å². The largest absolute Gasteiger partial charge is 0.424 e. The third-order valence-electron chi connectivity index (χ3n) is 2.04. The minimum Gasteiger partial charge on any atom is -0.214 e. The smallest absolute Gasteiger partial charge is 0.214 e. The van der Waals surface area contributed by atoms with Gasteiger partial charge in [0, 0.05) is 17.2 Å². The lowest BCUT2D eigenvalue weighted by Crippen LogP contribution is -2.41. The Balaban J connectivity index is 2.33. The maximum Gasteiger partial charge on any atom is 0.424 e. The molecule has 15 heavy (non-hydrogen) atoms. The third kappa shape index (κ3) is 2.22. The van der Waals surface area contributed by atoms with E-state index >= 15 is 0 Å². The first-order chi connectivity index (χ1) is 7.27. The highest BCUT2D eigenvalue weighted by Gasteiger charge is 2.15. The van der Waals surface area contributed by atoms with Crippen LogP contribution in [0.25, 0.3) is 0 Å². The molecule has 0 saturated carbocycles. The first-order valence-electron chi connectivity index (χ1n) is 4.54. The highest BCUT2D eigenvalue weighted by atomic mass is 35.5. The summed E-state index contributed by atoms with van der Waals surface area (Å²) in [5.41, 5.74) is 0.621.